The summed E-state index contributed by atoms with van der Waals surface area (Å²) in [6.07, 6.45) is 0. The van der Waals surface area contributed by atoms with Gasteiger partial charge < -0.3 is 4.84 Å². The Morgan fingerprint density at radius 2 is 1.88 bits per heavy atom. The maximum atomic E-state index is 11.7. The molecule has 0 radical (unpaired) electrons. The molecule has 1 aromatic carbocycles. The molecule has 0 atom stereocenters. The van der Waals surface area contributed by atoms with Crippen molar-refractivity contribution in [1.82, 2.24) is 4.73 Å². The number of pyridine rings is 1. The number of aryl methyl sites for hydroxylation is 2. The predicted octanol–water partition coefficient (Wildman–Crippen LogP) is 1.59. The molecule has 0 amide bonds. The van der Waals surface area contributed by atoms with Gasteiger partial charge in [0.05, 0.1) is 5.52 Å². The highest BCUT2D eigenvalue weighted by molar-refractivity contribution is 5.83. The molecule has 0 aliphatic rings. The predicted molar refractivity (Wildman–Crippen MR) is 64.9 cm³/mol. The number of carbonyl (C=O) groups excluding carboxylic acids is 1. The highest BCUT2D eigenvalue weighted by atomic mass is 16.7. The van der Waals surface area contributed by atoms with E-state index in [2.05, 4.69) is 0 Å². The third-order valence-corrected chi connectivity index (χ3v) is 2.79. The van der Waals surface area contributed by atoms with Gasteiger partial charge in [0.2, 0.25) is 0 Å². The Labute approximate surface area is 98.4 Å². The van der Waals surface area contributed by atoms with Crippen molar-refractivity contribution in [1.29, 1.82) is 0 Å². The van der Waals surface area contributed by atoms with Gasteiger partial charge in [-0.1, -0.05) is 6.07 Å². The lowest BCUT2D eigenvalue weighted by atomic mass is 10.0. The molecule has 0 saturated carbocycles. The van der Waals surface area contributed by atoms with Crippen LogP contribution >= 0.6 is 0 Å². The summed E-state index contributed by atoms with van der Waals surface area (Å²) in [5.41, 5.74) is 2.46. The first-order valence-electron chi connectivity index (χ1n) is 5.31. The van der Waals surface area contributed by atoms with Gasteiger partial charge in [-0.25, -0.2) is 4.79 Å². The fraction of sp³-hybridized carbons (Fsp3) is 0.231. The molecule has 0 bridgehead atoms. The third kappa shape index (κ3) is 1.93. The van der Waals surface area contributed by atoms with Crippen LogP contribution in [0.25, 0.3) is 10.9 Å². The number of rotatable bonds is 1. The van der Waals surface area contributed by atoms with Crippen LogP contribution in [0, 0.1) is 13.8 Å². The van der Waals surface area contributed by atoms with Crippen molar-refractivity contribution in [2.75, 3.05) is 0 Å². The average molecular weight is 231 g/mol. The van der Waals surface area contributed by atoms with Crippen LogP contribution in [0.3, 0.4) is 0 Å². The molecule has 1 heterocycles. The summed E-state index contributed by atoms with van der Waals surface area (Å²) >= 11 is 0. The van der Waals surface area contributed by atoms with Gasteiger partial charge in [-0.2, -0.15) is 0 Å². The number of carbonyl (C=O) groups is 1. The summed E-state index contributed by atoms with van der Waals surface area (Å²) in [5.74, 6) is -0.516. The third-order valence-electron chi connectivity index (χ3n) is 2.79. The summed E-state index contributed by atoms with van der Waals surface area (Å²) in [6, 6.07) is 6.83. The van der Waals surface area contributed by atoms with Gasteiger partial charge in [0.1, 0.15) is 0 Å². The second-order valence-electron chi connectivity index (χ2n) is 3.99. The van der Waals surface area contributed by atoms with Gasteiger partial charge >= 0.3 is 5.97 Å². The van der Waals surface area contributed by atoms with E-state index >= 15 is 0 Å². The van der Waals surface area contributed by atoms with Crippen molar-refractivity contribution in [2.45, 2.75) is 20.8 Å². The summed E-state index contributed by atoms with van der Waals surface area (Å²) < 4.78 is 1.03. The topological polar surface area (TPSA) is 48.3 Å². The van der Waals surface area contributed by atoms with Gasteiger partial charge in [-0.15, -0.1) is 4.73 Å². The van der Waals surface area contributed by atoms with Crippen LogP contribution in [0.1, 0.15) is 18.1 Å². The van der Waals surface area contributed by atoms with Crippen molar-refractivity contribution < 1.29 is 9.63 Å². The number of nitrogens with zero attached hydrogens (tertiary/aromatic N) is 1. The Bertz CT molecular complexity index is 655. The van der Waals surface area contributed by atoms with Crippen molar-refractivity contribution >= 4 is 16.9 Å². The first-order valence-corrected chi connectivity index (χ1v) is 5.31. The van der Waals surface area contributed by atoms with E-state index in [1.165, 1.54) is 13.0 Å². The Kier molecular flexibility index (Phi) is 2.71. The molecule has 0 aliphatic heterocycles. The normalized spacial score (nSPS) is 10.5. The zero-order valence-corrected chi connectivity index (χ0v) is 9.98. The van der Waals surface area contributed by atoms with E-state index in [-0.39, 0.29) is 5.56 Å². The fourth-order valence-corrected chi connectivity index (χ4v) is 1.77. The van der Waals surface area contributed by atoms with Crippen LogP contribution in [0.4, 0.5) is 0 Å². The summed E-state index contributed by atoms with van der Waals surface area (Å²) in [7, 11) is 0. The molecule has 4 heteroatoms. The standard InChI is InChI=1S/C13H13NO3/c1-8-4-6-12-11(9(8)2)5-7-13(16)14(12)17-10(3)15/h4-7H,1-3H3. The van der Waals surface area contributed by atoms with Gasteiger partial charge in [0, 0.05) is 18.4 Å². The van der Waals surface area contributed by atoms with E-state index in [1.807, 2.05) is 19.9 Å². The SMILES string of the molecule is CC(=O)On1c(=O)ccc2c(C)c(C)ccc21. The number of hydrogen-bond acceptors (Lipinski definition) is 3. The molecule has 0 fully saturated rings. The van der Waals surface area contributed by atoms with Crippen LogP contribution in [0.2, 0.25) is 0 Å². The molecule has 17 heavy (non-hydrogen) atoms. The van der Waals surface area contributed by atoms with Crippen molar-refractivity contribution in [3.8, 4) is 0 Å². The van der Waals surface area contributed by atoms with E-state index in [9.17, 15) is 9.59 Å². The molecule has 1 aromatic heterocycles. The molecular weight excluding hydrogens is 218 g/mol. The molecule has 2 rings (SSSR count). The second kappa shape index (κ2) is 4.05. The summed E-state index contributed by atoms with van der Waals surface area (Å²) in [5, 5.41) is 0.908. The van der Waals surface area contributed by atoms with Crippen molar-refractivity contribution in [3.05, 3.63) is 45.7 Å². The largest absolute Gasteiger partial charge is 0.333 e. The summed E-state index contributed by atoms with van der Waals surface area (Å²) in [6.45, 7) is 5.24. The molecule has 0 unspecified atom stereocenters. The second-order valence-corrected chi connectivity index (χ2v) is 3.99. The van der Waals surface area contributed by atoms with E-state index in [4.69, 9.17) is 4.84 Å². The highest BCUT2D eigenvalue weighted by Crippen LogP contribution is 2.19. The number of benzene rings is 1. The quantitative estimate of drug-likeness (QED) is 0.748. The average Bonchev–Trinajstić information content (AvgIpc) is 2.27. The van der Waals surface area contributed by atoms with Gasteiger partial charge in [0.15, 0.2) is 0 Å². The van der Waals surface area contributed by atoms with Gasteiger partial charge in [0.25, 0.3) is 5.56 Å². The Hall–Kier alpha value is -2.10. The van der Waals surface area contributed by atoms with Crippen molar-refractivity contribution in [2.24, 2.45) is 0 Å². The van der Waals surface area contributed by atoms with E-state index in [0.717, 1.165) is 21.2 Å². The maximum absolute atomic E-state index is 11.7. The number of hydrogen-bond donors (Lipinski definition) is 0. The molecule has 0 N–H and O–H groups in total. The number of aromatic nitrogens is 1. The van der Waals surface area contributed by atoms with Crippen LogP contribution < -0.4 is 10.4 Å². The first kappa shape index (κ1) is 11.4. The molecule has 0 spiro atoms. The lowest BCUT2D eigenvalue weighted by Crippen LogP contribution is -2.29. The lowest BCUT2D eigenvalue weighted by molar-refractivity contribution is -0.141. The van der Waals surface area contributed by atoms with Crippen LogP contribution in [0.15, 0.2) is 29.1 Å². The minimum Gasteiger partial charge on any atom is -0.333 e. The fourth-order valence-electron chi connectivity index (χ4n) is 1.77. The number of fused-ring (bicyclic) bond motifs is 1. The minimum atomic E-state index is -0.516. The maximum Gasteiger partial charge on any atom is 0.330 e. The Morgan fingerprint density at radius 1 is 1.18 bits per heavy atom. The molecular formula is C13H13NO3. The first-order chi connectivity index (χ1) is 8.00. The van der Waals surface area contributed by atoms with Gasteiger partial charge in [-0.05, 0) is 37.1 Å². The van der Waals surface area contributed by atoms with E-state index in [0.29, 0.717) is 5.52 Å². The smallest absolute Gasteiger partial charge is 0.330 e. The molecule has 0 saturated heterocycles. The Balaban J connectivity index is 2.82. The van der Waals surface area contributed by atoms with E-state index < -0.39 is 5.97 Å². The Morgan fingerprint density at radius 3 is 2.53 bits per heavy atom. The minimum absolute atomic E-state index is 0.351. The van der Waals surface area contributed by atoms with E-state index in [1.54, 1.807) is 12.1 Å². The molecule has 4 nitrogen and oxygen atoms in total. The molecule has 0 aliphatic carbocycles. The highest BCUT2D eigenvalue weighted by Gasteiger charge is 2.08. The molecule has 2 aromatic rings. The zero-order valence-electron chi connectivity index (χ0n) is 9.98. The van der Waals surface area contributed by atoms with Crippen molar-refractivity contribution in [3.63, 3.8) is 0 Å². The summed E-state index contributed by atoms with van der Waals surface area (Å²) in [4.78, 5) is 27.5. The monoisotopic (exact) mass is 231 g/mol. The van der Waals surface area contributed by atoms with Crippen LogP contribution in [-0.2, 0) is 4.79 Å². The lowest BCUT2D eigenvalue weighted by Gasteiger charge is -2.11. The van der Waals surface area contributed by atoms with Crippen LogP contribution in [-0.4, -0.2) is 10.7 Å². The zero-order chi connectivity index (χ0) is 12.6. The molecule has 88 valence electrons. The van der Waals surface area contributed by atoms with Crippen LogP contribution in [0.5, 0.6) is 0 Å². The van der Waals surface area contributed by atoms with Gasteiger partial charge in [-0.3, -0.25) is 4.79 Å².